The zero-order valence-electron chi connectivity index (χ0n) is 16.2. The first-order valence-electron chi connectivity index (χ1n) is 8.89. The number of carbonyl (C=O) groups excluding carboxylic acids is 1. The van der Waals surface area contributed by atoms with Crippen LogP contribution < -0.4 is 15.7 Å². The van der Waals surface area contributed by atoms with E-state index in [1.165, 1.54) is 6.92 Å². The van der Waals surface area contributed by atoms with Gasteiger partial charge in [-0.1, -0.05) is 20.3 Å². The Morgan fingerprint density at radius 3 is 2.48 bits per heavy atom. The van der Waals surface area contributed by atoms with Crippen molar-refractivity contribution in [2.24, 2.45) is 5.92 Å². The van der Waals surface area contributed by atoms with Crippen LogP contribution in [-0.2, 0) is 9.59 Å². The topological polar surface area (TPSA) is 106 Å². The standard InChI is InChI=1S/C20H25NO6/c1-6-10(2)17(19(23)24)21-18(22)13(5)26-14-7-8-15-11(3)12(4)20(25)27-16(15)9-14/h7-10,13,17H,6H2,1-5H3,(H,21,22)(H,23,24)/t10-,13?,17+/m1/s1. The van der Waals surface area contributed by atoms with Crippen LogP contribution in [0.25, 0.3) is 11.0 Å². The van der Waals surface area contributed by atoms with Crippen LogP contribution in [0.3, 0.4) is 0 Å². The van der Waals surface area contributed by atoms with Crippen LogP contribution >= 0.6 is 0 Å². The summed E-state index contributed by atoms with van der Waals surface area (Å²) in [5.41, 5.74) is 1.34. The van der Waals surface area contributed by atoms with E-state index in [1.54, 1.807) is 32.0 Å². The second-order valence-corrected chi connectivity index (χ2v) is 6.77. The lowest BCUT2D eigenvalue weighted by atomic mass is 9.99. The lowest BCUT2D eigenvalue weighted by molar-refractivity contribution is -0.144. The molecule has 1 aromatic heterocycles. The number of benzene rings is 1. The molecule has 0 bridgehead atoms. The minimum Gasteiger partial charge on any atom is -0.481 e. The number of fused-ring (bicyclic) bond motifs is 1. The lowest BCUT2D eigenvalue weighted by Crippen LogP contribution is -2.49. The zero-order chi connectivity index (χ0) is 20.3. The Bertz CT molecular complexity index is 917. The van der Waals surface area contributed by atoms with Crippen LogP contribution in [0.15, 0.2) is 27.4 Å². The van der Waals surface area contributed by atoms with Gasteiger partial charge < -0.3 is 19.6 Å². The van der Waals surface area contributed by atoms with Crippen LogP contribution in [0, 0.1) is 19.8 Å². The molecule has 1 aromatic carbocycles. The maximum Gasteiger partial charge on any atom is 0.339 e. The predicted molar refractivity (Wildman–Crippen MR) is 101 cm³/mol. The van der Waals surface area contributed by atoms with Crippen LogP contribution in [0.1, 0.15) is 38.3 Å². The number of nitrogens with one attached hydrogen (secondary N) is 1. The highest BCUT2D eigenvalue weighted by molar-refractivity contribution is 5.87. The monoisotopic (exact) mass is 375 g/mol. The van der Waals surface area contributed by atoms with Crippen LogP contribution in [0.5, 0.6) is 5.75 Å². The number of carboxylic acid groups (broad SMARTS) is 1. The van der Waals surface area contributed by atoms with Gasteiger partial charge in [0, 0.05) is 17.0 Å². The van der Waals surface area contributed by atoms with Crippen molar-refractivity contribution in [3.05, 3.63) is 39.7 Å². The van der Waals surface area contributed by atoms with E-state index in [9.17, 15) is 19.5 Å². The minimum atomic E-state index is -1.08. The maximum atomic E-state index is 12.3. The molecule has 7 nitrogen and oxygen atoms in total. The van der Waals surface area contributed by atoms with E-state index in [0.29, 0.717) is 23.3 Å². The van der Waals surface area contributed by atoms with Crippen molar-refractivity contribution >= 4 is 22.8 Å². The van der Waals surface area contributed by atoms with Crippen LogP contribution in [0.4, 0.5) is 0 Å². The summed E-state index contributed by atoms with van der Waals surface area (Å²) in [5, 5.41) is 12.6. The molecule has 0 spiro atoms. The number of rotatable bonds is 7. The Balaban J connectivity index is 2.18. The van der Waals surface area contributed by atoms with Crippen LogP contribution in [-0.4, -0.2) is 29.1 Å². The van der Waals surface area contributed by atoms with Gasteiger partial charge in [-0.15, -0.1) is 0 Å². The smallest absolute Gasteiger partial charge is 0.339 e. The fourth-order valence-electron chi connectivity index (χ4n) is 2.71. The van der Waals surface area contributed by atoms with E-state index in [4.69, 9.17) is 9.15 Å². The number of hydrogen-bond acceptors (Lipinski definition) is 5. The molecule has 0 aliphatic heterocycles. The quantitative estimate of drug-likeness (QED) is 0.721. The SMILES string of the molecule is CC[C@@H](C)[C@H](NC(=O)C(C)Oc1ccc2c(C)c(C)c(=O)oc2c1)C(=O)O. The van der Waals surface area contributed by atoms with Gasteiger partial charge in [0.2, 0.25) is 0 Å². The Morgan fingerprint density at radius 2 is 1.89 bits per heavy atom. The molecule has 7 heteroatoms. The van der Waals surface area contributed by atoms with Gasteiger partial charge in [-0.3, -0.25) is 4.79 Å². The first-order chi connectivity index (χ1) is 12.6. The normalized spacial score (nSPS) is 14.4. The largest absolute Gasteiger partial charge is 0.481 e. The summed E-state index contributed by atoms with van der Waals surface area (Å²) in [5.74, 6) is -1.46. The zero-order valence-corrected chi connectivity index (χ0v) is 16.2. The van der Waals surface area contributed by atoms with Crippen molar-refractivity contribution in [1.29, 1.82) is 0 Å². The molecule has 2 aromatic rings. The third-order valence-corrected chi connectivity index (χ3v) is 4.89. The highest BCUT2D eigenvalue weighted by atomic mass is 16.5. The van der Waals surface area contributed by atoms with Crippen molar-refractivity contribution < 1.29 is 23.8 Å². The van der Waals surface area contributed by atoms with E-state index in [1.807, 2.05) is 13.8 Å². The van der Waals surface area contributed by atoms with E-state index in [0.717, 1.165) is 10.9 Å². The van der Waals surface area contributed by atoms with E-state index >= 15 is 0 Å². The summed E-state index contributed by atoms with van der Waals surface area (Å²) in [6.07, 6.45) is -0.291. The minimum absolute atomic E-state index is 0.209. The van der Waals surface area contributed by atoms with Crippen molar-refractivity contribution in [3.8, 4) is 5.75 Å². The molecule has 27 heavy (non-hydrogen) atoms. The summed E-state index contributed by atoms with van der Waals surface area (Å²) >= 11 is 0. The van der Waals surface area contributed by atoms with Crippen molar-refractivity contribution in [3.63, 3.8) is 0 Å². The molecule has 1 unspecified atom stereocenters. The molecule has 0 aliphatic carbocycles. The van der Waals surface area contributed by atoms with Crippen molar-refractivity contribution in [1.82, 2.24) is 5.32 Å². The summed E-state index contributed by atoms with van der Waals surface area (Å²) in [6, 6.07) is 4.02. The third kappa shape index (κ3) is 4.48. The first kappa shape index (κ1) is 20.5. The Hall–Kier alpha value is -2.83. The average molecular weight is 375 g/mol. The van der Waals surface area contributed by atoms with Gasteiger partial charge in [0.05, 0.1) is 0 Å². The molecule has 0 radical (unpaired) electrons. The lowest BCUT2D eigenvalue weighted by Gasteiger charge is -2.22. The van der Waals surface area contributed by atoms with Gasteiger partial charge >= 0.3 is 11.6 Å². The molecule has 0 saturated heterocycles. The Labute approximate surface area is 157 Å². The highest BCUT2D eigenvalue weighted by Crippen LogP contribution is 2.24. The molecule has 3 atom stereocenters. The molecule has 146 valence electrons. The molecule has 1 heterocycles. The van der Waals surface area contributed by atoms with Crippen molar-refractivity contribution in [2.45, 2.75) is 53.2 Å². The average Bonchev–Trinajstić information content (AvgIpc) is 2.62. The van der Waals surface area contributed by atoms with Crippen molar-refractivity contribution in [2.75, 3.05) is 0 Å². The van der Waals surface area contributed by atoms with Crippen LogP contribution in [0.2, 0.25) is 0 Å². The fraction of sp³-hybridized carbons (Fsp3) is 0.450. The van der Waals surface area contributed by atoms with Gasteiger partial charge in [-0.2, -0.15) is 0 Å². The molecule has 0 saturated carbocycles. The number of hydrogen-bond donors (Lipinski definition) is 2. The number of amides is 1. The second kappa shape index (κ2) is 8.24. The van der Waals surface area contributed by atoms with Gasteiger partial charge in [0.1, 0.15) is 17.4 Å². The Kier molecular flexibility index (Phi) is 6.25. The van der Waals surface area contributed by atoms with E-state index in [2.05, 4.69) is 5.32 Å². The summed E-state index contributed by atoms with van der Waals surface area (Å²) in [6.45, 7) is 8.70. The van der Waals surface area contributed by atoms with Gasteiger partial charge in [-0.25, -0.2) is 9.59 Å². The number of aryl methyl sites for hydroxylation is 1. The van der Waals surface area contributed by atoms with E-state index < -0.39 is 29.6 Å². The predicted octanol–water partition coefficient (Wildman–Crippen LogP) is 2.79. The fourth-order valence-corrected chi connectivity index (χ4v) is 2.71. The summed E-state index contributed by atoms with van der Waals surface area (Å²) in [4.78, 5) is 35.5. The third-order valence-electron chi connectivity index (χ3n) is 4.89. The number of carboxylic acids is 1. The molecule has 1 amide bonds. The van der Waals surface area contributed by atoms with Gasteiger partial charge in [-0.05, 0) is 44.4 Å². The second-order valence-electron chi connectivity index (χ2n) is 6.77. The molecule has 0 aliphatic rings. The van der Waals surface area contributed by atoms with E-state index in [-0.39, 0.29) is 5.92 Å². The summed E-state index contributed by atoms with van der Waals surface area (Å²) in [7, 11) is 0. The molecular weight excluding hydrogens is 350 g/mol. The maximum absolute atomic E-state index is 12.3. The highest BCUT2D eigenvalue weighted by Gasteiger charge is 2.28. The number of ether oxygens (including phenoxy) is 1. The number of carbonyl (C=O) groups is 2. The Morgan fingerprint density at radius 1 is 1.22 bits per heavy atom. The van der Waals surface area contributed by atoms with Gasteiger partial charge in [0.15, 0.2) is 6.10 Å². The number of aliphatic carboxylic acids is 1. The summed E-state index contributed by atoms with van der Waals surface area (Å²) < 4.78 is 10.9. The molecular formula is C20H25NO6. The molecule has 2 N–H and O–H groups in total. The molecule has 2 rings (SSSR count). The molecule has 0 fully saturated rings. The first-order valence-corrected chi connectivity index (χ1v) is 8.89. The van der Waals surface area contributed by atoms with Gasteiger partial charge in [0.25, 0.3) is 5.91 Å².